The van der Waals surface area contributed by atoms with Gasteiger partial charge in [-0.15, -0.1) is 11.8 Å². The molecule has 1 fully saturated rings. The largest absolute Gasteiger partial charge is 0.444 e. The van der Waals surface area contributed by atoms with Gasteiger partial charge in [0.15, 0.2) is 0 Å². The minimum absolute atomic E-state index is 0.0764. The Labute approximate surface area is 246 Å². The van der Waals surface area contributed by atoms with Crippen LogP contribution in [0.5, 0.6) is 0 Å². The summed E-state index contributed by atoms with van der Waals surface area (Å²) in [5, 5.41) is 0.939. The molecule has 2 aromatic carbocycles. The number of carbonyl (C=O) groups excluding carboxylic acids is 3. The quantitative estimate of drug-likeness (QED) is 0.333. The Balaban J connectivity index is 1.38. The number of halogens is 1. The number of primary amides is 1. The molecule has 3 amide bonds. The molecule has 0 unspecified atom stereocenters. The number of ether oxygens (including phenoxy) is 1. The lowest BCUT2D eigenvalue weighted by molar-refractivity contribution is 0.0141. The lowest BCUT2D eigenvalue weighted by atomic mass is 10.1. The van der Waals surface area contributed by atoms with Gasteiger partial charge in [-0.25, -0.2) is 19.2 Å². The molecule has 2 aromatic heterocycles. The van der Waals surface area contributed by atoms with E-state index in [-0.39, 0.29) is 23.1 Å². The maximum absolute atomic E-state index is 14.6. The number of rotatable bonds is 5. The third-order valence-electron chi connectivity index (χ3n) is 6.87. The predicted octanol–water partition coefficient (Wildman–Crippen LogP) is 4.74. The number of thioether (sulfide) groups is 1. The number of nitrogens with zero attached hydrogens (tertiary/aromatic N) is 5. The molecule has 12 heteroatoms. The summed E-state index contributed by atoms with van der Waals surface area (Å²) >= 11 is 1.56. The summed E-state index contributed by atoms with van der Waals surface area (Å²) in [4.78, 5) is 50.5. The van der Waals surface area contributed by atoms with E-state index >= 15 is 0 Å². The van der Waals surface area contributed by atoms with Crippen LogP contribution < -0.4 is 5.73 Å². The maximum Gasteiger partial charge on any atom is 0.410 e. The molecule has 2 N–H and O–H groups in total. The Morgan fingerprint density at radius 1 is 0.952 bits per heavy atom. The number of hydrogen-bond acceptors (Lipinski definition) is 7. The van der Waals surface area contributed by atoms with E-state index in [1.807, 2.05) is 45.4 Å². The molecule has 0 bridgehead atoms. The summed E-state index contributed by atoms with van der Waals surface area (Å²) in [7, 11) is 0. The van der Waals surface area contributed by atoms with E-state index in [0.717, 1.165) is 21.9 Å². The molecule has 1 aliphatic heterocycles. The van der Waals surface area contributed by atoms with Crippen molar-refractivity contribution in [2.75, 3.05) is 32.4 Å². The summed E-state index contributed by atoms with van der Waals surface area (Å²) in [6.45, 7) is 7.05. The number of benzene rings is 2. The van der Waals surface area contributed by atoms with Gasteiger partial charge >= 0.3 is 6.09 Å². The molecule has 0 atom stereocenters. The third-order valence-corrected chi connectivity index (χ3v) is 7.64. The number of nitrogens with two attached hydrogens (primary N) is 1. The van der Waals surface area contributed by atoms with Crippen LogP contribution in [0, 0.1) is 5.82 Å². The van der Waals surface area contributed by atoms with Crippen LogP contribution >= 0.6 is 11.8 Å². The molecule has 10 nitrogen and oxygen atoms in total. The van der Waals surface area contributed by atoms with Crippen molar-refractivity contribution in [3.8, 4) is 17.1 Å². The average Bonchev–Trinajstić information content (AvgIpc) is 3.34. The Bertz CT molecular complexity index is 1670. The van der Waals surface area contributed by atoms with Gasteiger partial charge in [0.25, 0.3) is 5.91 Å². The first kappa shape index (κ1) is 29.1. The molecule has 1 saturated heterocycles. The highest BCUT2D eigenvalue weighted by Gasteiger charge is 2.28. The average molecular weight is 591 g/mol. The molecule has 4 aromatic rings. The molecule has 0 radical (unpaired) electrons. The van der Waals surface area contributed by atoms with Crippen molar-refractivity contribution in [2.24, 2.45) is 5.73 Å². The molecule has 5 rings (SSSR count). The SMILES string of the molecule is CSc1cn(-c2ncc(-c3ccc(C(N)=O)cc3F)cn2)c2cc(C(=O)N3CCN(C(=O)OC(C)(C)C)CC3)ccc12. The van der Waals surface area contributed by atoms with Crippen LogP contribution in [-0.4, -0.2) is 80.3 Å². The lowest BCUT2D eigenvalue weighted by Crippen LogP contribution is -2.51. The zero-order valence-corrected chi connectivity index (χ0v) is 24.6. The molecule has 3 heterocycles. The van der Waals surface area contributed by atoms with Crippen molar-refractivity contribution in [1.82, 2.24) is 24.3 Å². The summed E-state index contributed by atoms with van der Waals surface area (Å²) in [5.41, 5.74) is 6.68. The van der Waals surface area contributed by atoms with E-state index in [0.29, 0.717) is 43.3 Å². The van der Waals surface area contributed by atoms with E-state index in [2.05, 4.69) is 9.97 Å². The summed E-state index contributed by atoms with van der Waals surface area (Å²) in [6, 6.07) is 9.54. The number of fused-ring (bicyclic) bond motifs is 1. The van der Waals surface area contributed by atoms with E-state index in [9.17, 15) is 18.8 Å². The fourth-order valence-corrected chi connectivity index (χ4v) is 5.35. The topological polar surface area (TPSA) is 124 Å². The minimum Gasteiger partial charge on any atom is -0.444 e. The fraction of sp³-hybridized carbons (Fsp3) is 0.300. The number of piperazine rings is 1. The van der Waals surface area contributed by atoms with Gasteiger partial charge in [0.05, 0.1) is 5.52 Å². The first-order valence-corrected chi connectivity index (χ1v) is 14.6. The van der Waals surface area contributed by atoms with Gasteiger partial charge in [-0.05, 0) is 51.3 Å². The number of carbonyl (C=O) groups is 3. The molecular weight excluding hydrogens is 559 g/mol. The van der Waals surface area contributed by atoms with Gasteiger partial charge in [0.1, 0.15) is 11.4 Å². The normalized spacial score (nSPS) is 13.8. The Kier molecular flexibility index (Phi) is 7.91. The van der Waals surface area contributed by atoms with Crippen LogP contribution in [0.3, 0.4) is 0 Å². The smallest absolute Gasteiger partial charge is 0.410 e. The van der Waals surface area contributed by atoms with Crippen LogP contribution in [0.1, 0.15) is 41.5 Å². The molecule has 0 spiro atoms. The van der Waals surface area contributed by atoms with Crippen molar-refractivity contribution in [3.63, 3.8) is 0 Å². The number of aromatic nitrogens is 3. The van der Waals surface area contributed by atoms with Gasteiger partial charge in [0, 0.05) is 77.3 Å². The summed E-state index contributed by atoms with van der Waals surface area (Å²) < 4.78 is 21.9. The van der Waals surface area contributed by atoms with Crippen LogP contribution in [0.15, 0.2) is 59.9 Å². The van der Waals surface area contributed by atoms with Crippen LogP contribution in [-0.2, 0) is 4.74 Å². The highest BCUT2D eigenvalue weighted by Crippen LogP contribution is 2.32. The van der Waals surface area contributed by atoms with Gasteiger partial charge in [0.2, 0.25) is 11.9 Å². The van der Waals surface area contributed by atoms with Crippen LogP contribution in [0.25, 0.3) is 28.0 Å². The van der Waals surface area contributed by atoms with E-state index < -0.39 is 17.3 Å². The van der Waals surface area contributed by atoms with Crippen LogP contribution in [0.4, 0.5) is 9.18 Å². The highest BCUT2D eigenvalue weighted by atomic mass is 32.2. The van der Waals surface area contributed by atoms with Gasteiger partial charge in [-0.1, -0.05) is 12.1 Å². The number of hydrogen-bond donors (Lipinski definition) is 1. The second-order valence-electron chi connectivity index (χ2n) is 10.9. The first-order chi connectivity index (χ1) is 19.9. The number of amides is 3. The molecular formula is C30H31FN6O4S. The summed E-state index contributed by atoms with van der Waals surface area (Å²) in [5.74, 6) is -1.09. The summed E-state index contributed by atoms with van der Waals surface area (Å²) in [6.07, 6.45) is 6.50. The zero-order valence-electron chi connectivity index (χ0n) is 23.8. The molecule has 218 valence electrons. The predicted molar refractivity (Wildman–Crippen MR) is 158 cm³/mol. The van der Waals surface area contributed by atoms with E-state index in [1.54, 1.807) is 32.2 Å². The minimum atomic E-state index is -0.711. The van der Waals surface area contributed by atoms with Crippen molar-refractivity contribution in [1.29, 1.82) is 0 Å². The van der Waals surface area contributed by atoms with Crippen molar-refractivity contribution < 1.29 is 23.5 Å². The molecule has 1 aliphatic rings. The van der Waals surface area contributed by atoms with Crippen molar-refractivity contribution in [2.45, 2.75) is 31.3 Å². The molecule has 42 heavy (non-hydrogen) atoms. The van der Waals surface area contributed by atoms with Gasteiger partial charge in [-0.2, -0.15) is 0 Å². The molecule has 0 saturated carbocycles. The second-order valence-corrected chi connectivity index (χ2v) is 11.7. The third kappa shape index (κ3) is 5.94. The standard InChI is InChI=1S/C30H31FN6O4S/c1-30(2,3)41-29(40)36-11-9-35(10-12-36)27(39)19-6-8-22-24(14-19)37(17-25(22)42-4)28-33-15-20(16-34-28)21-7-5-18(26(32)38)13-23(21)31/h5-8,13-17H,9-12H2,1-4H3,(H2,32,38). The molecule has 0 aliphatic carbocycles. The van der Waals surface area contributed by atoms with E-state index in [1.165, 1.54) is 24.5 Å². The highest BCUT2D eigenvalue weighted by molar-refractivity contribution is 7.98. The monoisotopic (exact) mass is 590 g/mol. The van der Waals surface area contributed by atoms with E-state index in [4.69, 9.17) is 10.5 Å². The maximum atomic E-state index is 14.6. The zero-order chi connectivity index (χ0) is 30.2. The Hall–Kier alpha value is -4.45. The van der Waals surface area contributed by atoms with Crippen molar-refractivity contribution in [3.05, 3.63) is 71.9 Å². The van der Waals surface area contributed by atoms with Crippen LogP contribution in [0.2, 0.25) is 0 Å². The Morgan fingerprint density at radius 3 is 2.19 bits per heavy atom. The second kappa shape index (κ2) is 11.4. The Morgan fingerprint density at radius 2 is 1.60 bits per heavy atom. The fourth-order valence-electron chi connectivity index (χ4n) is 4.75. The first-order valence-electron chi connectivity index (χ1n) is 13.3. The van der Waals surface area contributed by atoms with Gasteiger partial charge in [-0.3, -0.25) is 14.2 Å². The van der Waals surface area contributed by atoms with Crippen molar-refractivity contribution >= 4 is 40.6 Å². The van der Waals surface area contributed by atoms with Gasteiger partial charge < -0.3 is 20.3 Å². The lowest BCUT2D eigenvalue weighted by Gasteiger charge is -2.35.